The maximum absolute atomic E-state index is 12.5. The zero-order valence-corrected chi connectivity index (χ0v) is 14.6. The highest BCUT2D eigenvalue weighted by Gasteiger charge is 2.38. The molecule has 1 atom stereocenters. The predicted molar refractivity (Wildman–Crippen MR) is 107 cm³/mol. The molecule has 2 aliphatic heterocycles. The number of nitrogens with zero attached hydrogens (tertiary/aromatic N) is 3. The van der Waals surface area contributed by atoms with Crippen molar-refractivity contribution in [3.8, 4) is 11.1 Å². The van der Waals surface area contributed by atoms with Gasteiger partial charge in [-0.05, 0) is 17.2 Å². The zero-order valence-electron chi connectivity index (χ0n) is 14.6. The lowest BCUT2D eigenvalue weighted by Gasteiger charge is -2.39. The summed E-state index contributed by atoms with van der Waals surface area (Å²) in [5, 5.41) is 11.5. The lowest BCUT2D eigenvalue weighted by molar-refractivity contribution is -0.400. The molecule has 132 valence electrons. The van der Waals surface area contributed by atoms with Crippen LogP contribution in [-0.2, 0) is 4.79 Å². The van der Waals surface area contributed by atoms with Crippen LogP contribution in [0.2, 0.25) is 0 Å². The molecule has 0 radical (unpaired) electrons. The molecule has 0 fully saturated rings. The standard InChI is InChI=1S/C21H17N5O/c22-13-25-8-9-26-19(12-25)21(27)24-18-11-23-17-10-15(6-7-16(17)20(18)26)14-4-2-1-3-5-14/h1-8,10-11,13,19,22H,9,12H2/p+1. The molecule has 2 aromatic carbocycles. The van der Waals surface area contributed by atoms with Crippen LogP contribution in [0.25, 0.3) is 22.0 Å². The van der Waals surface area contributed by atoms with Crippen LogP contribution in [0.4, 0.5) is 11.4 Å². The first-order valence-electron chi connectivity index (χ1n) is 8.90. The summed E-state index contributed by atoms with van der Waals surface area (Å²) in [6.45, 7) is 1.06. The van der Waals surface area contributed by atoms with Gasteiger partial charge in [-0.1, -0.05) is 42.5 Å². The van der Waals surface area contributed by atoms with Gasteiger partial charge in [-0.2, -0.15) is 0 Å². The molecule has 0 saturated carbocycles. The smallest absolute Gasteiger partial charge is 0.277 e. The topological polar surface area (TPSA) is 72.1 Å². The van der Waals surface area contributed by atoms with Crippen LogP contribution in [0.1, 0.15) is 0 Å². The minimum absolute atomic E-state index is 0.0514. The van der Waals surface area contributed by atoms with Gasteiger partial charge in [0, 0.05) is 5.39 Å². The number of anilines is 2. The molecule has 3 aromatic rings. The van der Waals surface area contributed by atoms with Crippen LogP contribution in [0.5, 0.6) is 0 Å². The van der Waals surface area contributed by atoms with Gasteiger partial charge in [0.05, 0.1) is 35.8 Å². The Labute approximate surface area is 156 Å². The van der Waals surface area contributed by atoms with E-state index in [1.54, 1.807) is 10.8 Å². The fraction of sp³-hybridized carbons (Fsp3) is 0.143. The van der Waals surface area contributed by atoms with Gasteiger partial charge in [-0.3, -0.25) is 9.78 Å². The summed E-state index contributed by atoms with van der Waals surface area (Å²) in [4.78, 5) is 19.2. The van der Waals surface area contributed by atoms with E-state index in [0.717, 1.165) is 33.4 Å². The van der Waals surface area contributed by atoms with Crippen molar-refractivity contribution in [1.29, 1.82) is 5.41 Å². The first kappa shape index (κ1) is 15.7. The van der Waals surface area contributed by atoms with E-state index in [1.807, 2.05) is 24.4 Å². The summed E-state index contributed by atoms with van der Waals surface area (Å²) >= 11 is 0. The number of hydrogen-bond donors (Lipinski definition) is 2. The fourth-order valence-electron chi connectivity index (χ4n) is 3.88. The number of rotatable bonds is 2. The van der Waals surface area contributed by atoms with Crippen LogP contribution < -0.4 is 10.2 Å². The van der Waals surface area contributed by atoms with Crippen molar-refractivity contribution in [2.75, 3.05) is 23.3 Å². The van der Waals surface area contributed by atoms with Gasteiger partial charge < -0.3 is 10.2 Å². The third-order valence-corrected chi connectivity index (χ3v) is 5.23. The first-order chi connectivity index (χ1) is 13.2. The molecule has 0 spiro atoms. The van der Waals surface area contributed by atoms with Gasteiger partial charge in [0.15, 0.2) is 0 Å². The van der Waals surface area contributed by atoms with Gasteiger partial charge in [-0.25, -0.2) is 4.58 Å². The van der Waals surface area contributed by atoms with E-state index in [0.29, 0.717) is 13.1 Å². The van der Waals surface area contributed by atoms with Crippen molar-refractivity contribution in [3.63, 3.8) is 0 Å². The Bertz CT molecular complexity index is 1110. The van der Waals surface area contributed by atoms with Crippen LogP contribution >= 0.6 is 0 Å². The molecular weight excluding hydrogens is 338 g/mol. The summed E-state index contributed by atoms with van der Waals surface area (Å²) < 4.78 is 1.75. The molecule has 3 heterocycles. The molecule has 1 aromatic heterocycles. The molecule has 1 amide bonds. The van der Waals surface area contributed by atoms with Crippen LogP contribution in [0.3, 0.4) is 0 Å². The van der Waals surface area contributed by atoms with Crippen LogP contribution in [0, 0.1) is 5.41 Å². The number of amides is 1. The number of carbonyl (C=O) groups excluding carboxylic acids is 1. The van der Waals surface area contributed by atoms with Gasteiger partial charge in [0.2, 0.25) is 0 Å². The second-order valence-corrected chi connectivity index (χ2v) is 6.78. The molecule has 2 N–H and O–H groups in total. The SMILES string of the molecule is N=C[N+]1=CCN2c3c(cnc4cc(-c5ccccc5)ccc34)NC(=O)C2C1. The molecule has 1 unspecified atom stereocenters. The van der Waals surface area contributed by atoms with E-state index >= 15 is 0 Å². The normalized spacial score (nSPS) is 18.4. The zero-order chi connectivity index (χ0) is 18.4. The number of nitrogens with one attached hydrogen (secondary N) is 2. The number of aromatic nitrogens is 1. The Morgan fingerprint density at radius 2 is 2.04 bits per heavy atom. The van der Waals surface area contributed by atoms with Crippen molar-refractivity contribution >= 4 is 40.7 Å². The minimum atomic E-state index is -0.316. The predicted octanol–water partition coefficient (Wildman–Crippen LogP) is 2.73. The molecule has 0 saturated heterocycles. The Hall–Kier alpha value is -3.54. The van der Waals surface area contributed by atoms with E-state index in [2.05, 4.69) is 45.5 Å². The highest BCUT2D eigenvalue weighted by atomic mass is 16.2. The van der Waals surface area contributed by atoms with Crippen LogP contribution in [0.15, 0.2) is 54.7 Å². The van der Waals surface area contributed by atoms with Crippen molar-refractivity contribution in [2.24, 2.45) is 0 Å². The molecule has 0 aliphatic carbocycles. The highest BCUT2D eigenvalue weighted by Crippen LogP contribution is 2.39. The second-order valence-electron chi connectivity index (χ2n) is 6.78. The summed E-state index contributed by atoms with van der Waals surface area (Å²) in [5.74, 6) is -0.0514. The van der Waals surface area contributed by atoms with Gasteiger partial charge in [0.25, 0.3) is 12.2 Å². The Morgan fingerprint density at radius 3 is 2.85 bits per heavy atom. The van der Waals surface area contributed by atoms with Crippen molar-refractivity contribution in [2.45, 2.75) is 6.04 Å². The van der Waals surface area contributed by atoms with E-state index in [1.165, 1.54) is 6.34 Å². The minimum Gasteiger partial charge on any atom is -0.347 e. The number of hydrogen-bond acceptors (Lipinski definition) is 4. The maximum atomic E-state index is 12.5. The van der Waals surface area contributed by atoms with E-state index in [9.17, 15) is 4.79 Å². The van der Waals surface area contributed by atoms with E-state index in [4.69, 9.17) is 5.41 Å². The molecule has 0 bridgehead atoms. The molecule has 6 heteroatoms. The van der Waals surface area contributed by atoms with E-state index < -0.39 is 0 Å². The Balaban J connectivity index is 1.66. The molecule has 6 nitrogen and oxygen atoms in total. The lowest BCUT2D eigenvalue weighted by Crippen LogP contribution is -2.56. The van der Waals surface area contributed by atoms with Crippen LogP contribution in [-0.4, -0.2) is 47.2 Å². The van der Waals surface area contributed by atoms with Gasteiger partial charge >= 0.3 is 0 Å². The quantitative estimate of drug-likeness (QED) is 0.421. The first-order valence-corrected chi connectivity index (χ1v) is 8.90. The third-order valence-electron chi connectivity index (χ3n) is 5.23. The van der Waals surface area contributed by atoms with E-state index in [-0.39, 0.29) is 11.9 Å². The number of carbonyl (C=O) groups is 1. The van der Waals surface area contributed by atoms with Gasteiger partial charge in [0.1, 0.15) is 12.6 Å². The average Bonchev–Trinajstić information content (AvgIpc) is 2.73. The highest BCUT2D eigenvalue weighted by molar-refractivity contribution is 6.11. The Morgan fingerprint density at radius 1 is 1.19 bits per heavy atom. The third kappa shape index (κ3) is 2.49. The average molecular weight is 356 g/mol. The molecule has 5 rings (SSSR count). The summed E-state index contributed by atoms with van der Waals surface area (Å²) in [7, 11) is 0. The van der Waals surface area contributed by atoms with Crippen molar-refractivity contribution in [3.05, 3.63) is 54.7 Å². The summed E-state index contributed by atoms with van der Waals surface area (Å²) in [6.07, 6.45) is 4.94. The number of benzene rings is 2. The summed E-state index contributed by atoms with van der Waals surface area (Å²) in [6, 6.07) is 16.2. The maximum Gasteiger partial charge on any atom is 0.277 e. The largest absolute Gasteiger partial charge is 0.347 e. The molecular formula is C21H18N5O+. The van der Waals surface area contributed by atoms with Crippen molar-refractivity contribution < 1.29 is 9.37 Å². The lowest BCUT2D eigenvalue weighted by atomic mass is 10.00. The number of pyridine rings is 1. The number of fused-ring (bicyclic) bond motifs is 5. The van der Waals surface area contributed by atoms with Crippen molar-refractivity contribution in [1.82, 2.24) is 4.98 Å². The monoisotopic (exact) mass is 356 g/mol. The second kappa shape index (κ2) is 6.02. The summed E-state index contributed by atoms with van der Waals surface area (Å²) in [5.41, 5.74) is 4.92. The molecule has 2 aliphatic rings. The van der Waals surface area contributed by atoms with Gasteiger partial charge in [-0.15, -0.1) is 5.41 Å². The Kier molecular flexibility index (Phi) is 3.50. The molecule has 27 heavy (non-hydrogen) atoms. The fourth-order valence-corrected chi connectivity index (χ4v) is 3.88.